The molecule has 1 amide bonds. The van der Waals surface area contributed by atoms with Gasteiger partial charge in [-0.3, -0.25) is 4.79 Å². The summed E-state index contributed by atoms with van der Waals surface area (Å²) in [6.45, 7) is 2.90. The molecule has 1 saturated carbocycles. The molecule has 0 spiro atoms. The van der Waals surface area contributed by atoms with E-state index in [9.17, 15) is 14.4 Å². The number of carbonyl (C=O) groups is 3. The van der Waals surface area contributed by atoms with Gasteiger partial charge in [-0.25, -0.2) is 9.28 Å². The van der Waals surface area contributed by atoms with Gasteiger partial charge in [-0.05, 0) is 30.4 Å². The molecule has 2 atom stereocenters. The van der Waals surface area contributed by atoms with Crippen molar-refractivity contribution in [3.05, 3.63) is 71.8 Å². The molecule has 0 bridgehead atoms. The van der Waals surface area contributed by atoms with Gasteiger partial charge in [0.2, 0.25) is 0 Å². The second-order valence-electron chi connectivity index (χ2n) is 9.66. The summed E-state index contributed by atoms with van der Waals surface area (Å²) in [5.41, 5.74) is 1.22. The van der Waals surface area contributed by atoms with Gasteiger partial charge in [-0.2, -0.15) is 0 Å². The summed E-state index contributed by atoms with van der Waals surface area (Å²) in [5, 5.41) is -0.432. The summed E-state index contributed by atoms with van der Waals surface area (Å²) in [6, 6.07) is 19.1. The van der Waals surface area contributed by atoms with E-state index >= 15 is 0 Å². The molecule has 4 nitrogen and oxygen atoms in total. The number of ketones is 1. The van der Waals surface area contributed by atoms with Crippen molar-refractivity contribution < 1.29 is 18.9 Å². The van der Waals surface area contributed by atoms with Crippen LogP contribution >= 0.6 is 0 Å². The first-order valence-corrected chi connectivity index (χ1v) is 12.7. The molecule has 174 valence electrons. The molecule has 2 aliphatic rings. The number of nitrogens with zero attached hydrogens (tertiary/aromatic N) is 1. The van der Waals surface area contributed by atoms with E-state index in [2.05, 4.69) is 0 Å². The lowest BCUT2D eigenvalue weighted by Gasteiger charge is -2.44. The Bertz CT molecular complexity index is 961. The zero-order chi connectivity index (χ0) is 23.5. The Morgan fingerprint density at radius 1 is 0.909 bits per heavy atom. The SMILES string of the molecule is CCC[N+]1(C(=O)C(=O)C2CCCCC2)CCC(c2ccccc2)(c2ccccc2)C1C(=O)[S-]. The van der Waals surface area contributed by atoms with E-state index in [-0.39, 0.29) is 16.2 Å². The van der Waals surface area contributed by atoms with Crippen molar-refractivity contribution in [2.75, 3.05) is 13.1 Å². The third kappa shape index (κ3) is 4.06. The van der Waals surface area contributed by atoms with E-state index in [0.29, 0.717) is 25.9 Å². The lowest BCUT2D eigenvalue weighted by atomic mass is 9.69. The second-order valence-corrected chi connectivity index (χ2v) is 10.1. The van der Waals surface area contributed by atoms with Crippen LogP contribution < -0.4 is 0 Å². The van der Waals surface area contributed by atoms with E-state index in [4.69, 9.17) is 12.6 Å². The summed E-state index contributed by atoms with van der Waals surface area (Å²) >= 11 is 5.39. The maximum Gasteiger partial charge on any atom is 0.382 e. The van der Waals surface area contributed by atoms with Crippen molar-refractivity contribution in [1.82, 2.24) is 0 Å². The number of Topliss-reactive ketones (excluding diaryl/α,β-unsaturated/α-hetero) is 1. The van der Waals surface area contributed by atoms with Crippen LogP contribution in [-0.2, 0) is 32.4 Å². The van der Waals surface area contributed by atoms with Crippen LogP contribution in [0.1, 0.15) is 63.0 Å². The van der Waals surface area contributed by atoms with Gasteiger partial charge in [0, 0.05) is 12.3 Å². The molecule has 5 heteroatoms. The third-order valence-corrected chi connectivity index (χ3v) is 8.10. The largest absolute Gasteiger partial charge is 0.736 e. The number of likely N-dealkylation sites (tertiary alicyclic amines) is 1. The summed E-state index contributed by atoms with van der Waals surface area (Å²) in [4.78, 5) is 40.9. The number of amides is 1. The van der Waals surface area contributed by atoms with Gasteiger partial charge in [0.15, 0.2) is 0 Å². The van der Waals surface area contributed by atoms with Gasteiger partial charge >= 0.3 is 5.91 Å². The quantitative estimate of drug-likeness (QED) is 0.339. The van der Waals surface area contributed by atoms with Gasteiger partial charge < -0.3 is 17.4 Å². The predicted molar refractivity (Wildman–Crippen MR) is 131 cm³/mol. The van der Waals surface area contributed by atoms with Crippen molar-refractivity contribution >= 4 is 29.4 Å². The van der Waals surface area contributed by atoms with Crippen LogP contribution in [0.4, 0.5) is 0 Å². The van der Waals surface area contributed by atoms with Gasteiger partial charge in [0.05, 0.1) is 23.6 Å². The molecular weight excluding hydrogens is 430 g/mol. The summed E-state index contributed by atoms with van der Waals surface area (Å²) in [6.07, 6.45) is 5.92. The number of hydrogen-bond acceptors (Lipinski definition) is 4. The molecule has 0 aromatic heterocycles. The maximum absolute atomic E-state index is 14.0. The van der Waals surface area contributed by atoms with Crippen molar-refractivity contribution in [2.24, 2.45) is 5.92 Å². The molecule has 1 saturated heterocycles. The first-order valence-electron chi connectivity index (χ1n) is 12.2. The molecule has 0 radical (unpaired) electrons. The lowest BCUT2D eigenvalue weighted by Crippen LogP contribution is -2.65. The molecule has 2 fully saturated rings. The Balaban J connectivity index is 1.88. The fourth-order valence-electron chi connectivity index (χ4n) is 6.43. The first kappa shape index (κ1) is 23.8. The van der Waals surface area contributed by atoms with E-state index in [1.165, 1.54) is 0 Å². The Labute approximate surface area is 202 Å². The zero-order valence-electron chi connectivity index (χ0n) is 19.4. The van der Waals surface area contributed by atoms with Crippen LogP contribution in [0.2, 0.25) is 0 Å². The highest BCUT2D eigenvalue weighted by Gasteiger charge is 2.64. The molecule has 4 rings (SSSR count). The van der Waals surface area contributed by atoms with Gasteiger partial charge in [-0.15, -0.1) is 0 Å². The zero-order valence-corrected chi connectivity index (χ0v) is 20.2. The van der Waals surface area contributed by atoms with Gasteiger partial charge in [0.25, 0.3) is 5.78 Å². The minimum absolute atomic E-state index is 0.141. The van der Waals surface area contributed by atoms with E-state index in [1.54, 1.807) is 0 Å². The van der Waals surface area contributed by atoms with Gasteiger partial charge in [0.1, 0.15) is 6.04 Å². The highest BCUT2D eigenvalue weighted by molar-refractivity contribution is 7.77. The minimum Gasteiger partial charge on any atom is -0.736 e. The smallest absolute Gasteiger partial charge is 0.382 e. The van der Waals surface area contributed by atoms with E-state index < -0.39 is 22.5 Å². The number of quaternary nitrogens is 1. The highest BCUT2D eigenvalue weighted by atomic mass is 32.1. The molecule has 33 heavy (non-hydrogen) atoms. The molecule has 2 aromatic carbocycles. The van der Waals surface area contributed by atoms with Crippen molar-refractivity contribution in [1.29, 1.82) is 0 Å². The van der Waals surface area contributed by atoms with E-state index in [1.807, 2.05) is 67.6 Å². The van der Waals surface area contributed by atoms with Crippen LogP contribution in [0.25, 0.3) is 0 Å². The standard InChI is InChI=1S/C28H33NO3S/c1-2-19-29(26(31)24(30)21-12-6-3-7-13-21)20-18-28(25(29)27(32)33,22-14-8-4-9-15-22)23-16-10-5-11-17-23/h4-5,8-11,14-17,21,25H,2-3,6-7,12-13,18-20H2,1H3. The molecule has 1 aliphatic heterocycles. The molecular formula is C28H33NO3S. The maximum atomic E-state index is 14.0. The van der Waals surface area contributed by atoms with E-state index in [0.717, 1.165) is 43.2 Å². The number of rotatable bonds is 7. The van der Waals surface area contributed by atoms with Crippen LogP contribution in [0.3, 0.4) is 0 Å². The minimum atomic E-state index is -0.794. The average molecular weight is 464 g/mol. The first-order chi connectivity index (χ1) is 16.0. The van der Waals surface area contributed by atoms with Crippen LogP contribution in [-0.4, -0.2) is 40.4 Å². The Morgan fingerprint density at radius 3 is 1.94 bits per heavy atom. The Hall–Kier alpha value is -2.37. The molecule has 1 heterocycles. The summed E-state index contributed by atoms with van der Waals surface area (Å²) < 4.78 is -0.141. The third-order valence-electron chi connectivity index (χ3n) is 7.88. The Morgan fingerprint density at radius 2 is 1.45 bits per heavy atom. The average Bonchev–Trinajstić information content (AvgIpc) is 3.22. The fourth-order valence-corrected chi connectivity index (χ4v) is 6.83. The predicted octanol–water partition coefficient (Wildman–Crippen LogP) is 4.72. The topological polar surface area (TPSA) is 51.2 Å². The Kier molecular flexibility index (Phi) is 7.10. The number of carbonyl (C=O) groups excluding carboxylic acids is 3. The normalized spacial score (nSPS) is 24.9. The van der Waals surface area contributed by atoms with Crippen molar-refractivity contribution in [3.8, 4) is 0 Å². The molecule has 2 unspecified atom stereocenters. The van der Waals surface area contributed by atoms with Gasteiger partial charge in [-0.1, -0.05) is 86.8 Å². The molecule has 2 aromatic rings. The number of benzene rings is 2. The summed E-state index contributed by atoms with van der Waals surface area (Å²) in [5.74, 6) is -0.913. The fraction of sp³-hybridized carbons (Fsp3) is 0.464. The van der Waals surface area contributed by atoms with Crippen molar-refractivity contribution in [3.63, 3.8) is 0 Å². The number of hydrogen-bond donors (Lipinski definition) is 0. The second kappa shape index (κ2) is 9.86. The summed E-state index contributed by atoms with van der Waals surface area (Å²) in [7, 11) is 0. The monoisotopic (exact) mass is 463 g/mol. The molecule has 0 N–H and O–H groups in total. The molecule has 1 aliphatic carbocycles. The highest BCUT2D eigenvalue weighted by Crippen LogP contribution is 2.50. The van der Waals surface area contributed by atoms with Crippen LogP contribution in [0.15, 0.2) is 60.7 Å². The van der Waals surface area contributed by atoms with Crippen molar-refractivity contribution in [2.45, 2.75) is 63.3 Å². The van der Waals surface area contributed by atoms with Crippen LogP contribution in [0, 0.1) is 5.92 Å². The lowest BCUT2D eigenvalue weighted by molar-refractivity contribution is -0.855. The van der Waals surface area contributed by atoms with Crippen LogP contribution in [0.5, 0.6) is 0 Å².